The Kier molecular flexibility index (Phi) is 3.98. The van der Waals surface area contributed by atoms with Crippen molar-refractivity contribution < 1.29 is 13.9 Å². The molecule has 1 aliphatic rings. The third kappa shape index (κ3) is 3.11. The third-order valence-corrected chi connectivity index (χ3v) is 3.72. The number of nitrogens with one attached hydrogen (secondary N) is 1. The van der Waals surface area contributed by atoms with Crippen molar-refractivity contribution in [2.75, 3.05) is 13.2 Å². The van der Waals surface area contributed by atoms with Gasteiger partial charge in [0.1, 0.15) is 6.54 Å². The molecule has 3 rings (SSSR count). The molecule has 1 N–H and O–H groups in total. The summed E-state index contributed by atoms with van der Waals surface area (Å²) >= 11 is 5.84. The Hall–Kier alpha value is -1.79. The molecule has 2 aromatic rings. The summed E-state index contributed by atoms with van der Waals surface area (Å²) in [6.07, 6.45) is 2.05. The molecule has 0 aliphatic carbocycles. The summed E-state index contributed by atoms with van der Waals surface area (Å²) in [5.41, 5.74) is 0.927. The van der Waals surface area contributed by atoms with Crippen LogP contribution in [-0.2, 0) is 16.1 Å². The fraction of sp³-hybridized carbons (Fsp3) is 0.429. The van der Waals surface area contributed by atoms with Gasteiger partial charge in [0, 0.05) is 24.2 Å². The molecule has 1 fully saturated rings. The molecule has 1 aromatic heterocycles. The number of carbonyl (C=O) groups is 1. The van der Waals surface area contributed by atoms with E-state index in [9.17, 15) is 9.59 Å². The molecular formula is C14H15ClN2O4. The summed E-state index contributed by atoms with van der Waals surface area (Å²) in [4.78, 5) is 23.7. The van der Waals surface area contributed by atoms with Gasteiger partial charge in [0.25, 0.3) is 0 Å². The van der Waals surface area contributed by atoms with Crippen LogP contribution < -0.4 is 11.1 Å². The lowest BCUT2D eigenvalue weighted by Gasteiger charge is -2.10. The van der Waals surface area contributed by atoms with Gasteiger partial charge in [0.2, 0.25) is 5.91 Å². The number of halogens is 1. The summed E-state index contributed by atoms with van der Waals surface area (Å²) in [6, 6.07) is 4.87. The van der Waals surface area contributed by atoms with Gasteiger partial charge in [-0.1, -0.05) is 11.6 Å². The zero-order chi connectivity index (χ0) is 14.8. The van der Waals surface area contributed by atoms with Crippen molar-refractivity contribution in [1.29, 1.82) is 0 Å². The zero-order valence-electron chi connectivity index (χ0n) is 11.3. The Morgan fingerprint density at radius 1 is 1.48 bits per heavy atom. The molecule has 112 valence electrons. The smallest absolute Gasteiger partial charge is 0.408 e. The number of hydrogen-bond donors (Lipinski definition) is 1. The monoisotopic (exact) mass is 310 g/mol. The van der Waals surface area contributed by atoms with Gasteiger partial charge in [0.15, 0.2) is 5.58 Å². The number of carbonyl (C=O) groups excluding carboxylic acids is 1. The highest BCUT2D eigenvalue weighted by molar-refractivity contribution is 6.31. The molecule has 1 amide bonds. The Morgan fingerprint density at radius 2 is 2.33 bits per heavy atom. The quantitative estimate of drug-likeness (QED) is 0.929. The zero-order valence-corrected chi connectivity index (χ0v) is 12.1. The van der Waals surface area contributed by atoms with Crippen molar-refractivity contribution in [3.63, 3.8) is 0 Å². The standard InChI is InChI=1S/C14H15ClN2O4/c15-9-3-4-11-12(6-9)21-14(19)17(11)8-13(18)16-7-10-2-1-5-20-10/h3-4,6,10H,1-2,5,7-8H2,(H,16,18)/t10-/m1/s1. The number of nitrogens with zero attached hydrogens (tertiary/aromatic N) is 1. The Bertz CT molecular complexity index is 715. The minimum atomic E-state index is -0.570. The fourth-order valence-electron chi connectivity index (χ4n) is 2.42. The minimum absolute atomic E-state index is 0.0746. The normalized spacial score (nSPS) is 18.2. The number of ether oxygens (including phenoxy) is 1. The highest BCUT2D eigenvalue weighted by atomic mass is 35.5. The third-order valence-electron chi connectivity index (χ3n) is 3.48. The van der Waals surface area contributed by atoms with Gasteiger partial charge in [-0.2, -0.15) is 0 Å². The van der Waals surface area contributed by atoms with Gasteiger partial charge in [-0.25, -0.2) is 4.79 Å². The molecule has 1 aliphatic heterocycles. The van der Waals surface area contributed by atoms with E-state index in [1.165, 1.54) is 4.57 Å². The first-order valence-electron chi connectivity index (χ1n) is 6.80. The van der Waals surface area contributed by atoms with Crippen molar-refractivity contribution in [1.82, 2.24) is 9.88 Å². The molecule has 0 radical (unpaired) electrons. The first-order valence-corrected chi connectivity index (χ1v) is 7.18. The van der Waals surface area contributed by atoms with E-state index in [1.54, 1.807) is 18.2 Å². The number of aromatic nitrogens is 1. The van der Waals surface area contributed by atoms with Gasteiger partial charge in [-0.15, -0.1) is 0 Å². The molecule has 21 heavy (non-hydrogen) atoms. The maximum Gasteiger partial charge on any atom is 0.420 e. The van der Waals surface area contributed by atoms with Gasteiger partial charge in [-0.3, -0.25) is 9.36 Å². The Labute approximate surface area is 125 Å². The summed E-state index contributed by atoms with van der Waals surface area (Å²) in [7, 11) is 0. The summed E-state index contributed by atoms with van der Waals surface area (Å²) < 4.78 is 11.8. The van der Waals surface area contributed by atoms with Crippen LogP contribution in [0.4, 0.5) is 0 Å². The average molecular weight is 311 g/mol. The molecule has 6 nitrogen and oxygen atoms in total. The van der Waals surface area contributed by atoms with Crippen LogP contribution in [0.3, 0.4) is 0 Å². The van der Waals surface area contributed by atoms with E-state index in [0.717, 1.165) is 19.4 Å². The van der Waals surface area contributed by atoms with E-state index < -0.39 is 5.76 Å². The van der Waals surface area contributed by atoms with Crippen LogP contribution in [0.25, 0.3) is 11.1 Å². The molecule has 0 bridgehead atoms. The van der Waals surface area contributed by atoms with E-state index in [0.29, 0.717) is 22.7 Å². The van der Waals surface area contributed by atoms with Crippen LogP contribution in [0.5, 0.6) is 0 Å². The van der Waals surface area contributed by atoms with Crippen LogP contribution in [-0.4, -0.2) is 29.7 Å². The molecule has 0 saturated carbocycles. The van der Waals surface area contributed by atoms with Gasteiger partial charge in [-0.05, 0) is 25.0 Å². The molecule has 1 atom stereocenters. The second kappa shape index (κ2) is 5.91. The van der Waals surface area contributed by atoms with E-state index >= 15 is 0 Å². The van der Waals surface area contributed by atoms with Gasteiger partial charge >= 0.3 is 5.76 Å². The highest BCUT2D eigenvalue weighted by Crippen LogP contribution is 2.18. The highest BCUT2D eigenvalue weighted by Gasteiger charge is 2.17. The average Bonchev–Trinajstić information content (AvgIpc) is 3.05. The van der Waals surface area contributed by atoms with Crippen molar-refractivity contribution in [3.05, 3.63) is 33.8 Å². The SMILES string of the molecule is O=C(Cn1c(=O)oc2cc(Cl)ccc21)NC[C@H]1CCCO1. The predicted molar refractivity (Wildman–Crippen MR) is 77.5 cm³/mol. The predicted octanol–water partition coefficient (Wildman–Crippen LogP) is 1.54. The van der Waals surface area contributed by atoms with Crippen molar-refractivity contribution in [2.24, 2.45) is 0 Å². The van der Waals surface area contributed by atoms with Crippen LogP contribution >= 0.6 is 11.6 Å². The number of amides is 1. The summed E-state index contributed by atoms with van der Waals surface area (Å²) in [5.74, 6) is -0.815. The van der Waals surface area contributed by atoms with Gasteiger partial charge < -0.3 is 14.5 Å². The molecule has 1 aromatic carbocycles. The number of oxazole rings is 1. The topological polar surface area (TPSA) is 73.5 Å². The number of hydrogen-bond acceptors (Lipinski definition) is 4. The van der Waals surface area contributed by atoms with Crippen molar-refractivity contribution in [3.8, 4) is 0 Å². The number of benzene rings is 1. The Balaban J connectivity index is 1.70. The van der Waals surface area contributed by atoms with Crippen LogP contribution in [0.1, 0.15) is 12.8 Å². The molecule has 0 unspecified atom stereocenters. The maximum absolute atomic E-state index is 11.9. The molecular weight excluding hydrogens is 296 g/mol. The van der Waals surface area contributed by atoms with E-state index in [2.05, 4.69) is 5.32 Å². The lowest BCUT2D eigenvalue weighted by molar-refractivity contribution is -0.122. The van der Waals surface area contributed by atoms with Crippen molar-refractivity contribution >= 4 is 28.6 Å². The number of rotatable bonds is 4. The number of fused-ring (bicyclic) bond motifs is 1. The Morgan fingerprint density at radius 3 is 3.10 bits per heavy atom. The fourth-order valence-corrected chi connectivity index (χ4v) is 2.58. The summed E-state index contributed by atoms with van der Waals surface area (Å²) in [5, 5.41) is 3.25. The van der Waals surface area contributed by atoms with Gasteiger partial charge in [0.05, 0.1) is 11.6 Å². The van der Waals surface area contributed by atoms with Crippen LogP contribution in [0, 0.1) is 0 Å². The largest absolute Gasteiger partial charge is 0.420 e. The maximum atomic E-state index is 11.9. The van der Waals surface area contributed by atoms with Crippen molar-refractivity contribution in [2.45, 2.75) is 25.5 Å². The molecule has 7 heteroatoms. The molecule has 0 spiro atoms. The first kappa shape index (κ1) is 14.2. The van der Waals surface area contributed by atoms with Crippen LogP contribution in [0.2, 0.25) is 5.02 Å². The minimum Gasteiger partial charge on any atom is -0.408 e. The first-order chi connectivity index (χ1) is 10.1. The van der Waals surface area contributed by atoms with E-state index in [-0.39, 0.29) is 18.6 Å². The lowest BCUT2D eigenvalue weighted by Crippen LogP contribution is -2.35. The second-order valence-corrected chi connectivity index (χ2v) is 5.44. The summed E-state index contributed by atoms with van der Waals surface area (Å²) in [6.45, 7) is 1.13. The van der Waals surface area contributed by atoms with E-state index in [4.69, 9.17) is 20.8 Å². The van der Waals surface area contributed by atoms with Crippen LogP contribution in [0.15, 0.2) is 27.4 Å². The van der Waals surface area contributed by atoms with E-state index in [1.807, 2.05) is 0 Å². The second-order valence-electron chi connectivity index (χ2n) is 5.01. The lowest BCUT2D eigenvalue weighted by atomic mass is 10.2. The molecule has 2 heterocycles. The molecule has 1 saturated heterocycles.